The number of H-pyrrole nitrogens is 1. The predicted octanol–water partition coefficient (Wildman–Crippen LogP) is 3.78. The number of aromatic nitrogens is 1. The van der Waals surface area contributed by atoms with Gasteiger partial charge in [0.1, 0.15) is 5.82 Å². The van der Waals surface area contributed by atoms with Crippen LogP contribution in [0.15, 0.2) is 24.4 Å². The van der Waals surface area contributed by atoms with Crippen LogP contribution in [-0.2, 0) is 0 Å². The standard InChI is InChI=1S/C14H16FNO/c1-8(2)9(3)14(17)12-7-16-13-6-10(15)4-5-11(12)13/h4-9,16H,1-3H3. The molecule has 1 unspecified atom stereocenters. The van der Waals surface area contributed by atoms with Crippen LogP contribution in [0.25, 0.3) is 10.9 Å². The topological polar surface area (TPSA) is 32.9 Å². The Morgan fingerprint density at radius 1 is 1.29 bits per heavy atom. The van der Waals surface area contributed by atoms with Crippen molar-refractivity contribution in [2.24, 2.45) is 11.8 Å². The molecule has 0 aliphatic carbocycles. The SMILES string of the molecule is CC(C)C(C)C(=O)c1c[nH]c2cc(F)ccc12. The lowest BCUT2D eigenvalue weighted by Gasteiger charge is -2.13. The highest BCUT2D eigenvalue weighted by Gasteiger charge is 2.21. The van der Waals surface area contributed by atoms with E-state index in [1.54, 1.807) is 12.3 Å². The van der Waals surface area contributed by atoms with Crippen molar-refractivity contribution in [3.8, 4) is 0 Å². The van der Waals surface area contributed by atoms with Gasteiger partial charge in [0.25, 0.3) is 0 Å². The van der Waals surface area contributed by atoms with Gasteiger partial charge in [-0.15, -0.1) is 0 Å². The van der Waals surface area contributed by atoms with Crippen molar-refractivity contribution in [1.82, 2.24) is 4.98 Å². The Kier molecular flexibility index (Phi) is 3.01. The zero-order valence-corrected chi connectivity index (χ0v) is 10.3. The summed E-state index contributed by atoms with van der Waals surface area (Å²) in [5.41, 5.74) is 1.32. The minimum Gasteiger partial charge on any atom is -0.360 e. The summed E-state index contributed by atoms with van der Waals surface area (Å²) < 4.78 is 13.0. The summed E-state index contributed by atoms with van der Waals surface area (Å²) >= 11 is 0. The second-order valence-corrected chi connectivity index (χ2v) is 4.79. The average Bonchev–Trinajstić information content (AvgIpc) is 2.69. The number of ketones is 1. The summed E-state index contributed by atoms with van der Waals surface area (Å²) in [5, 5.41) is 0.795. The summed E-state index contributed by atoms with van der Waals surface area (Å²) in [7, 11) is 0. The van der Waals surface area contributed by atoms with Gasteiger partial charge < -0.3 is 4.98 Å². The van der Waals surface area contributed by atoms with E-state index in [-0.39, 0.29) is 17.5 Å². The molecule has 0 spiro atoms. The van der Waals surface area contributed by atoms with E-state index in [2.05, 4.69) is 4.98 Å². The van der Waals surface area contributed by atoms with Crippen LogP contribution in [-0.4, -0.2) is 10.8 Å². The van der Waals surface area contributed by atoms with E-state index >= 15 is 0 Å². The second-order valence-electron chi connectivity index (χ2n) is 4.79. The highest BCUT2D eigenvalue weighted by atomic mass is 19.1. The Balaban J connectivity index is 2.46. The van der Waals surface area contributed by atoms with Crippen molar-refractivity contribution < 1.29 is 9.18 Å². The molecule has 0 amide bonds. The third-order valence-corrected chi connectivity index (χ3v) is 3.32. The molecule has 2 aromatic rings. The van der Waals surface area contributed by atoms with Gasteiger partial charge in [-0.3, -0.25) is 4.79 Å². The fourth-order valence-corrected chi connectivity index (χ4v) is 1.85. The molecule has 0 aliphatic heterocycles. The molecule has 0 saturated carbocycles. The van der Waals surface area contributed by atoms with Crippen LogP contribution < -0.4 is 0 Å². The Morgan fingerprint density at radius 2 is 2.00 bits per heavy atom. The number of Topliss-reactive ketones (excluding diaryl/α,β-unsaturated/α-hetero) is 1. The number of hydrogen-bond donors (Lipinski definition) is 1. The molecule has 3 heteroatoms. The molecule has 1 aromatic heterocycles. The zero-order valence-electron chi connectivity index (χ0n) is 10.3. The lowest BCUT2D eigenvalue weighted by molar-refractivity contribution is 0.0901. The summed E-state index contributed by atoms with van der Waals surface area (Å²) in [6.07, 6.45) is 1.67. The first-order valence-corrected chi connectivity index (χ1v) is 5.81. The van der Waals surface area contributed by atoms with Gasteiger partial charge in [0.2, 0.25) is 0 Å². The van der Waals surface area contributed by atoms with E-state index in [4.69, 9.17) is 0 Å². The Labute approximate surface area is 99.8 Å². The predicted molar refractivity (Wildman–Crippen MR) is 66.6 cm³/mol. The van der Waals surface area contributed by atoms with Crippen LogP contribution in [0.2, 0.25) is 0 Å². The first kappa shape index (κ1) is 11.8. The smallest absolute Gasteiger partial charge is 0.168 e. The largest absolute Gasteiger partial charge is 0.360 e. The third-order valence-electron chi connectivity index (χ3n) is 3.32. The van der Waals surface area contributed by atoms with Crippen molar-refractivity contribution in [3.63, 3.8) is 0 Å². The van der Waals surface area contributed by atoms with Crippen LogP contribution in [0.5, 0.6) is 0 Å². The van der Waals surface area contributed by atoms with Gasteiger partial charge in [-0.05, 0) is 24.1 Å². The van der Waals surface area contributed by atoms with Crippen molar-refractivity contribution in [1.29, 1.82) is 0 Å². The monoisotopic (exact) mass is 233 g/mol. The van der Waals surface area contributed by atoms with Crippen molar-refractivity contribution in [2.45, 2.75) is 20.8 Å². The highest BCUT2D eigenvalue weighted by Crippen LogP contribution is 2.24. The van der Waals surface area contributed by atoms with Crippen molar-refractivity contribution >= 4 is 16.7 Å². The van der Waals surface area contributed by atoms with Gasteiger partial charge in [-0.2, -0.15) is 0 Å². The van der Waals surface area contributed by atoms with Gasteiger partial charge >= 0.3 is 0 Å². The summed E-state index contributed by atoms with van der Waals surface area (Å²) in [5.74, 6) is 0.0834. The number of rotatable bonds is 3. The van der Waals surface area contributed by atoms with Crippen LogP contribution in [0, 0.1) is 17.7 Å². The maximum atomic E-state index is 13.0. The van der Waals surface area contributed by atoms with E-state index < -0.39 is 0 Å². The number of aromatic amines is 1. The van der Waals surface area contributed by atoms with Crippen LogP contribution in [0.3, 0.4) is 0 Å². The summed E-state index contributed by atoms with van der Waals surface area (Å²) in [6, 6.07) is 4.45. The number of carbonyl (C=O) groups is 1. The third kappa shape index (κ3) is 2.09. The number of fused-ring (bicyclic) bond motifs is 1. The molecule has 0 aliphatic rings. The molecule has 1 heterocycles. The number of nitrogens with one attached hydrogen (secondary N) is 1. The zero-order chi connectivity index (χ0) is 12.6. The molecule has 0 bridgehead atoms. The van der Waals surface area contributed by atoms with E-state index in [9.17, 15) is 9.18 Å². The summed E-state index contributed by atoms with van der Waals surface area (Å²) in [4.78, 5) is 15.2. The van der Waals surface area contributed by atoms with Gasteiger partial charge in [-0.25, -0.2) is 4.39 Å². The first-order valence-electron chi connectivity index (χ1n) is 5.81. The second kappa shape index (κ2) is 4.32. The molecule has 0 saturated heterocycles. The van der Waals surface area contributed by atoms with Gasteiger partial charge in [0, 0.05) is 28.6 Å². The van der Waals surface area contributed by atoms with Crippen molar-refractivity contribution in [3.05, 3.63) is 35.8 Å². The van der Waals surface area contributed by atoms with Gasteiger partial charge in [-0.1, -0.05) is 20.8 Å². The molecule has 1 atom stereocenters. The maximum absolute atomic E-state index is 13.0. The molecular weight excluding hydrogens is 217 g/mol. The van der Waals surface area contributed by atoms with E-state index in [0.29, 0.717) is 17.0 Å². The van der Waals surface area contributed by atoms with E-state index in [1.807, 2.05) is 20.8 Å². The van der Waals surface area contributed by atoms with Gasteiger partial charge in [0.15, 0.2) is 5.78 Å². The molecular formula is C14H16FNO. The maximum Gasteiger partial charge on any atom is 0.168 e. The molecule has 90 valence electrons. The lowest BCUT2D eigenvalue weighted by atomic mass is 9.89. The summed E-state index contributed by atoms with van der Waals surface area (Å²) in [6.45, 7) is 5.98. The number of hydrogen-bond acceptors (Lipinski definition) is 1. The van der Waals surface area contributed by atoms with E-state index in [0.717, 1.165) is 5.39 Å². The van der Waals surface area contributed by atoms with Crippen LogP contribution in [0.4, 0.5) is 4.39 Å². The molecule has 1 aromatic carbocycles. The van der Waals surface area contributed by atoms with Crippen molar-refractivity contribution in [2.75, 3.05) is 0 Å². The number of carbonyl (C=O) groups excluding carboxylic acids is 1. The molecule has 0 radical (unpaired) electrons. The quantitative estimate of drug-likeness (QED) is 0.804. The minimum atomic E-state index is -0.296. The highest BCUT2D eigenvalue weighted by molar-refractivity contribution is 6.08. The fraction of sp³-hybridized carbons (Fsp3) is 0.357. The fourth-order valence-electron chi connectivity index (χ4n) is 1.85. The average molecular weight is 233 g/mol. The molecule has 0 fully saturated rings. The normalized spacial score (nSPS) is 13.2. The Hall–Kier alpha value is -1.64. The van der Waals surface area contributed by atoms with E-state index in [1.165, 1.54) is 12.1 Å². The molecule has 2 rings (SSSR count). The van der Waals surface area contributed by atoms with Crippen LogP contribution >= 0.6 is 0 Å². The molecule has 2 nitrogen and oxygen atoms in total. The number of halogens is 1. The Morgan fingerprint density at radius 3 is 2.65 bits per heavy atom. The Bertz CT molecular complexity index is 556. The first-order chi connectivity index (χ1) is 8.00. The van der Waals surface area contributed by atoms with Crippen LogP contribution in [0.1, 0.15) is 31.1 Å². The lowest BCUT2D eigenvalue weighted by Crippen LogP contribution is -2.16. The van der Waals surface area contributed by atoms with Gasteiger partial charge in [0.05, 0.1) is 0 Å². The minimum absolute atomic E-state index is 0.0287. The molecule has 17 heavy (non-hydrogen) atoms. The molecule has 1 N–H and O–H groups in total. The number of benzene rings is 1.